The summed E-state index contributed by atoms with van der Waals surface area (Å²) in [6.45, 7) is 2.50. The maximum absolute atomic E-state index is 12.4. The van der Waals surface area contributed by atoms with Gasteiger partial charge >= 0.3 is 0 Å². The Labute approximate surface area is 171 Å². The van der Waals surface area contributed by atoms with Crippen molar-refractivity contribution in [3.05, 3.63) is 53.4 Å². The standard InChI is InChI=1S/C21H20N4O3S/c26-20(22-12-15-5-4-10-27-15)18-13-23-21(29-18)19-16-7-6-14(11-17(16)28-24-19)25-8-2-1-3-9-25/h4-7,10-11,13H,1-3,8-9,12H2,(H,22,26). The molecule has 0 unspecified atom stereocenters. The minimum atomic E-state index is -0.190. The fourth-order valence-corrected chi connectivity index (χ4v) is 4.41. The zero-order valence-corrected chi connectivity index (χ0v) is 16.6. The van der Waals surface area contributed by atoms with E-state index in [4.69, 9.17) is 8.94 Å². The molecule has 0 radical (unpaired) electrons. The van der Waals surface area contributed by atoms with Crippen molar-refractivity contribution < 1.29 is 13.7 Å². The lowest BCUT2D eigenvalue weighted by Gasteiger charge is -2.28. The number of hydrogen-bond acceptors (Lipinski definition) is 7. The molecule has 1 N–H and O–H groups in total. The van der Waals surface area contributed by atoms with Gasteiger partial charge in [0.05, 0.1) is 24.4 Å². The number of thiazole rings is 1. The van der Waals surface area contributed by atoms with E-state index in [1.54, 1.807) is 18.5 Å². The summed E-state index contributed by atoms with van der Waals surface area (Å²) in [5.41, 5.74) is 2.57. The highest BCUT2D eigenvalue weighted by Gasteiger charge is 2.19. The molecule has 4 heterocycles. The first kappa shape index (κ1) is 17.9. The first-order valence-corrected chi connectivity index (χ1v) is 10.5. The van der Waals surface area contributed by atoms with E-state index in [2.05, 4.69) is 26.4 Å². The molecule has 148 valence electrons. The van der Waals surface area contributed by atoms with Gasteiger partial charge in [0, 0.05) is 24.8 Å². The highest BCUT2D eigenvalue weighted by atomic mass is 32.1. The number of amides is 1. The third-order valence-electron chi connectivity index (χ3n) is 5.11. The predicted octanol–water partition coefficient (Wildman–Crippen LogP) is 4.46. The second-order valence-corrected chi connectivity index (χ2v) is 8.08. The van der Waals surface area contributed by atoms with Gasteiger partial charge in [-0.3, -0.25) is 4.79 Å². The summed E-state index contributed by atoms with van der Waals surface area (Å²) in [6.07, 6.45) is 6.90. The van der Waals surface area contributed by atoms with Gasteiger partial charge in [-0.1, -0.05) is 5.16 Å². The van der Waals surface area contributed by atoms with Crippen molar-refractivity contribution in [3.8, 4) is 10.7 Å². The molecule has 1 aromatic carbocycles. The van der Waals surface area contributed by atoms with Crippen LogP contribution >= 0.6 is 11.3 Å². The lowest BCUT2D eigenvalue weighted by molar-refractivity contribution is 0.0952. The minimum Gasteiger partial charge on any atom is -0.467 e. The normalized spacial score (nSPS) is 14.4. The van der Waals surface area contributed by atoms with E-state index in [0.29, 0.717) is 27.9 Å². The smallest absolute Gasteiger partial charge is 0.263 e. The summed E-state index contributed by atoms with van der Waals surface area (Å²) >= 11 is 1.30. The van der Waals surface area contributed by atoms with Crippen molar-refractivity contribution in [1.29, 1.82) is 0 Å². The largest absolute Gasteiger partial charge is 0.467 e. The SMILES string of the molecule is O=C(NCc1ccco1)c1cnc(-c2noc3cc(N4CCCCC4)ccc23)s1. The molecule has 5 rings (SSSR count). The third kappa shape index (κ3) is 3.63. The van der Waals surface area contributed by atoms with E-state index in [1.807, 2.05) is 18.2 Å². The molecular formula is C21H20N4O3S. The highest BCUT2D eigenvalue weighted by Crippen LogP contribution is 2.33. The molecule has 1 amide bonds. The second-order valence-electron chi connectivity index (χ2n) is 7.05. The predicted molar refractivity (Wildman–Crippen MR) is 111 cm³/mol. The number of carbonyl (C=O) groups excluding carboxylic acids is 1. The Morgan fingerprint density at radius 2 is 2.10 bits per heavy atom. The Morgan fingerprint density at radius 1 is 1.21 bits per heavy atom. The van der Waals surface area contributed by atoms with Crippen LogP contribution in [0.3, 0.4) is 0 Å². The number of piperidine rings is 1. The topological polar surface area (TPSA) is 84.4 Å². The van der Waals surface area contributed by atoms with E-state index in [-0.39, 0.29) is 5.91 Å². The molecule has 0 atom stereocenters. The maximum Gasteiger partial charge on any atom is 0.263 e. The molecule has 1 aliphatic rings. The van der Waals surface area contributed by atoms with E-state index in [0.717, 1.165) is 29.7 Å². The molecule has 4 aromatic rings. The number of fused-ring (bicyclic) bond motifs is 1. The Bertz CT molecular complexity index is 1130. The van der Waals surface area contributed by atoms with Crippen LogP contribution in [0.15, 0.2) is 51.7 Å². The molecule has 1 saturated heterocycles. The average molecular weight is 408 g/mol. The van der Waals surface area contributed by atoms with Crippen LogP contribution in [-0.2, 0) is 6.54 Å². The number of rotatable bonds is 5. The molecule has 0 bridgehead atoms. The van der Waals surface area contributed by atoms with Crippen LogP contribution in [0.2, 0.25) is 0 Å². The van der Waals surface area contributed by atoms with Crippen LogP contribution in [0.25, 0.3) is 21.7 Å². The van der Waals surface area contributed by atoms with Crippen molar-refractivity contribution in [2.75, 3.05) is 18.0 Å². The minimum absolute atomic E-state index is 0.190. The molecule has 0 aliphatic carbocycles. The number of furan rings is 1. The molecule has 8 heteroatoms. The Balaban J connectivity index is 1.35. The van der Waals surface area contributed by atoms with Gasteiger partial charge in [0.15, 0.2) is 5.58 Å². The van der Waals surface area contributed by atoms with Crippen LogP contribution in [0.1, 0.15) is 34.7 Å². The fraction of sp³-hybridized carbons (Fsp3) is 0.286. The highest BCUT2D eigenvalue weighted by molar-refractivity contribution is 7.17. The number of carbonyl (C=O) groups is 1. The molecule has 1 fully saturated rings. The first-order valence-electron chi connectivity index (χ1n) is 9.69. The zero-order chi connectivity index (χ0) is 19.6. The van der Waals surface area contributed by atoms with Crippen LogP contribution in [0.5, 0.6) is 0 Å². The molecule has 0 saturated carbocycles. The van der Waals surface area contributed by atoms with Gasteiger partial charge in [-0.25, -0.2) is 4.98 Å². The monoisotopic (exact) mass is 408 g/mol. The van der Waals surface area contributed by atoms with Crippen molar-refractivity contribution in [2.24, 2.45) is 0 Å². The van der Waals surface area contributed by atoms with Crippen molar-refractivity contribution in [3.63, 3.8) is 0 Å². The van der Waals surface area contributed by atoms with Gasteiger partial charge in [-0.05, 0) is 43.5 Å². The Kier molecular flexibility index (Phi) is 4.77. The van der Waals surface area contributed by atoms with Crippen LogP contribution < -0.4 is 10.2 Å². The first-order chi connectivity index (χ1) is 14.3. The van der Waals surface area contributed by atoms with Crippen LogP contribution in [0.4, 0.5) is 5.69 Å². The maximum atomic E-state index is 12.4. The van der Waals surface area contributed by atoms with E-state index < -0.39 is 0 Å². The van der Waals surface area contributed by atoms with Crippen molar-refractivity contribution >= 4 is 33.9 Å². The molecule has 7 nitrogen and oxygen atoms in total. The molecule has 3 aromatic heterocycles. The number of aromatic nitrogens is 2. The molecular weight excluding hydrogens is 388 g/mol. The van der Waals surface area contributed by atoms with Crippen LogP contribution in [0, 0.1) is 0 Å². The summed E-state index contributed by atoms with van der Waals surface area (Å²) in [7, 11) is 0. The number of benzene rings is 1. The van der Waals surface area contributed by atoms with Crippen molar-refractivity contribution in [1.82, 2.24) is 15.5 Å². The summed E-state index contributed by atoms with van der Waals surface area (Å²) < 4.78 is 10.8. The van der Waals surface area contributed by atoms with Gasteiger partial charge in [0.25, 0.3) is 5.91 Å². The Morgan fingerprint density at radius 3 is 2.93 bits per heavy atom. The summed E-state index contributed by atoms with van der Waals surface area (Å²) in [4.78, 5) is 19.7. The molecule has 1 aliphatic heterocycles. The van der Waals surface area contributed by atoms with Crippen LogP contribution in [-0.4, -0.2) is 29.1 Å². The average Bonchev–Trinajstić information content (AvgIpc) is 3.52. The van der Waals surface area contributed by atoms with Crippen molar-refractivity contribution in [2.45, 2.75) is 25.8 Å². The fourth-order valence-electron chi connectivity index (χ4n) is 3.59. The number of hydrogen-bond donors (Lipinski definition) is 1. The zero-order valence-electron chi connectivity index (χ0n) is 15.8. The van der Waals surface area contributed by atoms with Gasteiger partial charge < -0.3 is 19.2 Å². The van der Waals surface area contributed by atoms with Gasteiger partial charge in [-0.2, -0.15) is 0 Å². The number of nitrogens with zero attached hydrogens (tertiary/aromatic N) is 3. The molecule has 0 spiro atoms. The van der Waals surface area contributed by atoms with Gasteiger partial charge in [-0.15, -0.1) is 11.3 Å². The second kappa shape index (κ2) is 7.71. The quantitative estimate of drug-likeness (QED) is 0.525. The van der Waals surface area contributed by atoms with Gasteiger partial charge in [0.1, 0.15) is 21.3 Å². The summed E-state index contributed by atoms with van der Waals surface area (Å²) in [6, 6.07) is 9.79. The van der Waals surface area contributed by atoms with E-state index in [1.165, 1.54) is 30.6 Å². The van der Waals surface area contributed by atoms with E-state index >= 15 is 0 Å². The van der Waals surface area contributed by atoms with Gasteiger partial charge in [0.2, 0.25) is 0 Å². The third-order valence-corrected chi connectivity index (χ3v) is 6.11. The summed E-state index contributed by atoms with van der Waals surface area (Å²) in [5, 5.41) is 8.62. The Hall–Kier alpha value is -3.13. The number of nitrogens with one attached hydrogen (secondary N) is 1. The lowest BCUT2D eigenvalue weighted by Crippen LogP contribution is -2.29. The number of anilines is 1. The summed E-state index contributed by atoms with van der Waals surface area (Å²) in [5.74, 6) is 0.514. The lowest BCUT2D eigenvalue weighted by atomic mass is 10.1. The molecule has 29 heavy (non-hydrogen) atoms. The van der Waals surface area contributed by atoms with E-state index in [9.17, 15) is 4.79 Å².